The third-order valence-electron chi connectivity index (χ3n) is 2.64. The van der Waals surface area contributed by atoms with Crippen molar-refractivity contribution in [2.24, 2.45) is 0 Å². The van der Waals surface area contributed by atoms with Crippen LogP contribution in [0.1, 0.15) is 37.4 Å². The Morgan fingerprint density at radius 2 is 2.10 bits per heavy atom. The van der Waals surface area contributed by atoms with Crippen LogP contribution in [-0.2, 0) is 17.9 Å². The van der Waals surface area contributed by atoms with E-state index < -0.39 is 12.6 Å². The van der Waals surface area contributed by atoms with Crippen LogP contribution in [-0.4, -0.2) is 24.3 Å². The van der Waals surface area contributed by atoms with Gasteiger partial charge in [0.15, 0.2) is 0 Å². The molecule has 0 aliphatic carbocycles. The van der Waals surface area contributed by atoms with E-state index in [1.165, 1.54) is 0 Å². The summed E-state index contributed by atoms with van der Waals surface area (Å²) in [5.74, 6) is 0. The summed E-state index contributed by atoms with van der Waals surface area (Å²) < 4.78 is 40.9. The molecule has 0 aliphatic rings. The standard InChI is InChI=1S/C14H21F3N2O/c1-2-7-18-9-12-4-5-13(19-10-12)11-20-8-3-6-14(15,16)17/h4-5,10,18H,2-3,6-9,11H2,1H3. The molecule has 1 aromatic rings. The monoisotopic (exact) mass is 290 g/mol. The molecular formula is C14H21F3N2O. The zero-order valence-electron chi connectivity index (χ0n) is 11.7. The minimum atomic E-state index is -4.10. The van der Waals surface area contributed by atoms with Gasteiger partial charge >= 0.3 is 6.18 Å². The van der Waals surface area contributed by atoms with E-state index in [0.29, 0.717) is 0 Å². The van der Waals surface area contributed by atoms with E-state index in [4.69, 9.17) is 4.74 Å². The van der Waals surface area contributed by atoms with Gasteiger partial charge in [-0.3, -0.25) is 4.98 Å². The Balaban J connectivity index is 2.18. The second-order valence-electron chi connectivity index (χ2n) is 4.61. The van der Waals surface area contributed by atoms with E-state index in [1.807, 2.05) is 12.1 Å². The third-order valence-corrected chi connectivity index (χ3v) is 2.64. The molecule has 0 unspecified atom stereocenters. The Bertz CT molecular complexity index is 366. The van der Waals surface area contributed by atoms with Gasteiger partial charge in [-0.1, -0.05) is 13.0 Å². The second-order valence-corrected chi connectivity index (χ2v) is 4.61. The maximum absolute atomic E-state index is 11.9. The Hall–Kier alpha value is -1.14. The quantitative estimate of drug-likeness (QED) is 0.707. The molecule has 1 N–H and O–H groups in total. The normalized spacial score (nSPS) is 11.8. The van der Waals surface area contributed by atoms with Crippen molar-refractivity contribution in [1.82, 2.24) is 10.3 Å². The molecule has 6 heteroatoms. The Morgan fingerprint density at radius 1 is 1.30 bits per heavy atom. The van der Waals surface area contributed by atoms with Crippen molar-refractivity contribution in [3.8, 4) is 0 Å². The topological polar surface area (TPSA) is 34.1 Å². The van der Waals surface area contributed by atoms with Crippen LogP contribution in [0.4, 0.5) is 13.2 Å². The van der Waals surface area contributed by atoms with E-state index in [0.717, 1.165) is 30.8 Å². The maximum Gasteiger partial charge on any atom is 0.389 e. The molecule has 0 saturated heterocycles. The summed E-state index contributed by atoms with van der Waals surface area (Å²) in [4.78, 5) is 4.22. The van der Waals surface area contributed by atoms with Crippen molar-refractivity contribution in [2.45, 2.75) is 45.5 Å². The molecule has 1 rings (SSSR count). The Kier molecular flexibility index (Phi) is 7.54. The molecule has 0 aliphatic heterocycles. The van der Waals surface area contributed by atoms with Gasteiger partial charge in [0.25, 0.3) is 0 Å². The van der Waals surface area contributed by atoms with Crippen molar-refractivity contribution >= 4 is 0 Å². The Labute approximate surface area is 117 Å². The maximum atomic E-state index is 11.9. The highest BCUT2D eigenvalue weighted by atomic mass is 19.4. The summed E-state index contributed by atoms with van der Waals surface area (Å²) in [5, 5.41) is 3.27. The average molecular weight is 290 g/mol. The lowest BCUT2D eigenvalue weighted by molar-refractivity contribution is -0.138. The number of alkyl halides is 3. The fraction of sp³-hybridized carbons (Fsp3) is 0.643. The van der Waals surface area contributed by atoms with Crippen LogP contribution >= 0.6 is 0 Å². The molecule has 1 aromatic heterocycles. The summed E-state index contributed by atoms with van der Waals surface area (Å²) in [7, 11) is 0. The lowest BCUT2D eigenvalue weighted by atomic mass is 10.2. The number of rotatable bonds is 9. The molecule has 0 fully saturated rings. The molecule has 0 aromatic carbocycles. The number of aromatic nitrogens is 1. The third kappa shape index (κ3) is 8.12. The summed E-state index contributed by atoms with van der Waals surface area (Å²) >= 11 is 0. The summed E-state index contributed by atoms with van der Waals surface area (Å²) in [6, 6.07) is 3.79. The molecule has 20 heavy (non-hydrogen) atoms. The average Bonchev–Trinajstić information content (AvgIpc) is 2.39. The second kappa shape index (κ2) is 8.92. The highest BCUT2D eigenvalue weighted by molar-refractivity contribution is 5.13. The van der Waals surface area contributed by atoms with Gasteiger partial charge in [0.2, 0.25) is 0 Å². The zero-order valence-corrected chi connectivity index (χ0v) is 11.7. The first-order valence-corrected chi connectivity index (χ1v) is 6.80. The summed E-state index contributed by atoms with van der Waals surface area (Å²) in [6.07, 6.45) is -2.08. The summed E-state index contributed by atoms with van der Waals surface area (Å²) in [5.41, 5.74) is 1.82. The minimum Gasteiger partial charge on any atom is -0.375 e. The summed E-state index contributed by atoms with van der Waals surface area (Å²) in [6.45, 7) is 4.18. The molecule has 0 radical (unpaired) electrons. The van der Waals surface area contributed by atoms with Crippen LogP contribution in [0.15, 0.2) is 18.3 Å². The van der Waals surface area contributed by atoms with Gasteiger partial charge in [-0.05, 0) is 31.0 Å². The Morgan fingerprint density at radius 3 is 2.70 bits per heavy atom. The highest BCUT2D eigenvalue weighted by Crippen LogP contribution is 2.21. The smallest absolute Gasteiger partial charge is 0.375 e. The number of nitrogens with zero attached hydrogens (tertiary/aromatic N) is 1. The van der Waals surface area contributed by atoms with Crippen molar-refractivity contribution in [3.05, 3.63) is 29.6 Å². The van der Waals surface area contributed by atoms with Gasteiger partial charge in [-0.2, -0.15) is 13.2 Å². The fourth-order valence-corrected chi connectivity index (χ4v) is 1.61. The predicted octanol–water partition coefficient (Wildman–Crippen LogP) is 3.44. The number of hydrogen-bond acceptors (Lipinski definition) is 3. The molecular weight excluding hydrogens is 269 g/mol. The van der Waals surface area contributed by atoms with Crippen LogP contribution in [0.2, 0.25) is 0 Å². The number of halogens is 3. The van der Waals surface area contributed by atoms with Crippen molar-refractivity contribution in [1.29, 1.82) is 0 Å². The first-order valence-electron chi connectivity index (χ1n) is 6.80. The number of ether oxygens (including phenoxy) is 1. The molecule has 0 saturated carbocycles. The van der Waals surface area contributed by atoms with Crippen molar-refractivity contribution in [2.75, 3.05) is 13.2 Å². The minimum absolute atomic E-state index is 0.0114. The first-order chi connectivity index (χ1) is 9.51. The number of hydrogen-bond donors (Lipinski definition) is 1. The molecule has 114 valence electrons. The lowest BCUT2D eigenvalue weighted by Crippen LogP contribution is -2.14. The fourth-order valence-electron chi connectivity index (χ4n) is 1.61. The lowest BCUT2D eigenvalue weighted by Gasteiger charge is -2.07. The van der Waals surface area contributed by atoms with Crippen LogP contribution in [0.5, 0.6) is 0 Å². The molecule has 0 atom stereocenters. The van der Waals surface area contributed by atoms with Crippen LogP contribution in [0, 0.1) is 0 Å². The van der Waals surface area contributed by atoms with E-state index in [2.05, 4.69) is 17.2 Å². The van der Waals surface area contributed by atoms with Crippen LogP contribution < -0.4 is 5.32 Å². The number of pyridine rings is 1. The largest absolute Gasteiger partial charge is 0.389 e. The SMILES string of the molecule is CCCNCc1ccc(COCCCC(F)(F)F)nc1. The van der Waals surface area contributed by atoms with Crippen molar-refractivity contribution in [3.63, 3.8) is 0 Å². The van der Waals surface area contributed by atoms with Gasteiger partial charge in [0.05, 0.1) is 12.3 Å². The number of nitrogens with one attached hydrogen (secondary N) is 1. The van der Waals surface area contributed by atoms with Crippen LogP contribution in [0.3, 0.4) is 0 Å². The van der Waals surface area contributed by atoms with Gasteiger partial charge in [0, 0.05) is 25.8 Å². The van der Waals surface area contributed by atoms with E-state index in [1.54, 1.807) is 6.20 Å². The molecule has 0 amide bonds. The van der Waals surface area contributed by atoms with E-state index in [9.17, 15) is 13.2 Å². The highest BCUT2D eigenvalue weighted by Gasteiger charge is 2.25. The molecule has 0 bridgehead atoms. The van der Waals surface area contributed by atoms with Gasteiger partial charge in [-0.15, -0.1) is 0 Å². The molecule has 1 heterocycles. The van der Waals surface area contributed by atoms with Gasteiger partial charge < -0.3 is 10.1 Å². The zero-order chi connectivity index (χ0) is 14.8. The van der Waals surface area contributed by atoms with Gasteiger partial charge in [0.1, 0.15) is 0 Å². The first kappa shape index (κ1) is 16.9. The van der Waals surface area contributed by atoms with Crippen molar-refractivity contribution < 1.29 is 17.9 Å². The molecule has 0 spiro atoms. The van der Waals surface area contributed by atoms with E-state index >= 15 is 0 Å². The van der Waals surface area contributed by atoms with E-state index in [-0.39, 0.29) is 19.6 Å². The van der Waals surface area contributed by atoms with Gasteiger partial charge in [-0.25, -0.2) is 0 Å². The van der Waals surface area contributed by atoms with Crippen LogP contribution in [0.25, 0.3) is 0 Å². The predicted molar refractivity (Wildman–Crippen MR) is 71.2 cm³/mol. The molecule has 3 nitrogen and oxygen atoms in total.